The molecule has 0 saturated heterocycles. The van der Waals surface area contributed by atoms with Gasteiger partial charge >= 0.3 is 5.97 Å². The first-order chi connectivity index (χ1) is 13.5. The van der Waals surface area contributed by atoms with Gasteiger partial charge in [-0.15, -0.1) is 0 Å². The van der Waals surface area contributed by atoms with Gasteiger partial charge in [-0.1, -0.05) is 0 Å². The molecule has 2 aromatic rings. The van der Waals surface area contributed by atoms with Crippen molar-refractivity contribution in [3.63, 3.8) is 0 Å². The van der Waals surface area contributed by atoms with Gasteiger partial charge in [-0.25, -0.2) is 4.79 Å². The Morgan fingerprint density at radius 1 is 1.00 bits per heavy atom. The molecule has 2 aromatic carbocycles. The Morgan fingerprint density at radius 3 is 2.25 bits per heavy atom. The number of benzene rings is 2. The SMILES string of the molecule is COC(=O)c1ccc(NCC(=O)N2CCc3cc(OC)c(OC)cc3C2)cc1. The molecular formula is C21H24N2O5. The van der Waals surface area contributed by atoms with Crippen LogP contribution in [0.1, 0.15) is 21.5 Å². The fourth-order valence-corrected chi connectivity index (χ4v) is 3.23. The minimum Gasteiger partial charge on any atom is -0.493 e. The summed E-state index contributed by atoms with van der Waals surface area (Å²) in [6.45, 7) is 1.38. The highest BCUT2D eigenvalue weighted by molar-refractivity contribution is 5.89. The van der Waals surface area contributed by atoms with Crippen molar-refractivity contribution in [3.8, 4) is 11.5 Å². The molecular weight excluding hydrogens is 360 g/mol. The summed E-state index contributed by atoms with van der Waals surface area (Å²) in [4.78, 5) is 25.9. The molecule has 1 amide bonds. The second-order valence-electron chi connectivity index (χ2n) is 6.46. The van der Waals surface area contributed by atoms with Gasteiger partial charge in [0.1, 0.15) is 0 Å². The highest BCUT2D eigenvalue weighted by atomic mass is 16.5. The maximum absolute atomic E-state index is 12.6. The molecule has 1 heterocycles. The van der Waals surface area contributed by atoms with Crippen LogP contribution in [0.4, 0.5) is 5.69 Å². The molecule has 3 rings (SSSR count). The summed E-state index contributed by atoms with van der Waals surface area (Å²) in [5.74, 6) is 0.997. The Kier molecular flexibility index (Phi) is 6.03. The number of hydrogen-bond acceptors (Lipinski definition) is 6. The molecule has 1 N–H and O–H groups in total. The first-order valence-electron chi connectivity index (χ1n) is 8.99. The number of fused-ring (bicyclic) bond motifs is 1. The topological polar surface area (TPSA) is 77.1 Å². The average Bonchev–Trinajstić information content (AvgIpc) is 2.75. The molecule has 7 heteroatoms. The molecule has 0 bridgehead atoms. The Labute approximate surface area is 164 Å². The van der Waals surface area contributed by atoms with E-state index in [9.17, 15) is 9.59 Å². The van der Waals surface area contributed by atoms with Crippen LogP contribution in [-0.2, 0) is 22.5 Å². The molecule has 0 spiro atoms. The van der Waals surface area contributed by atoms with Gasteiger partial charge in [0, 0.05) is 18.8 Å². The standard InChI is InChI=1S/C21H24N2O5/c1-26-18-10-15-8-9-23(13-16(15)11-19(18)27-2)20(24)12-22-17-6-4-14(5-7-17)21(25)28-3/h4-7,10-11,22H,8-9,12-13H2,1-3H3. The zero-order chi connectivity index (χ0) is 20.1. The summed E-state index contributed by atoms with van der Waals surface area (Å²) in [5.41, 5.74) is 3.48. The average molecular weight is 384 g/mol. The van der Waals surface area contributed by atoms with Gasteiger partial charge in [0.05, 0.1) is 33.4 Å². The third-order valence-corrected chi connectivity index (χ3v) is 4.82. The molecule has 1 aliphatic rings. The van der Waals surface area contributed by atoms with E-state index in [0.717, 1.165) is 17.7 Å². The fraction of sp³-hybridized carbons (Fsp3) is 0.333. The van der Waals surface area contributed by atoms with E-state index in [-0.39, 0.29) is 18.4 Å². The molecule has 0 saturated carbocycles. The molecule has 0 aliphatic carbocycles. The van der Waals surface area contributed by atoms with Crippen molar-refractivity contribution in [2.75, 3.05) is 39.7 Å². The molecule has 0 radical (unpaired) electrons. The Balaban J connectivity index is 1.61. The van der Waals surface area contributed by atoms with Crippen LogP contribution in [0.25, 0.3) is 0 Å². The smallest absolute Gasteiger partial charge is 0.337 e. The van der Waals surface area contributed by atoms with Crippen molar-refractivity contribution in [1.82, 2.24) is 4.90 Å². The second kappa shape index (κ2) is 8.65. The number of esters is 1. The predicted molar refractivity (Wildman–Crippen MR) is 105 cm³/mol. The van der Waals surface area contributed by atoms with E-state index in [2.05, 4.69) is 10.1 Å². The van der Waals surface area contributed by atoms with E-state index < -0.39 is 0 Å². The van der Waals surface area contributed by atoms with Gasteiger partial charge in [0.25, 0.3) is 0 Å². The number of carbonyl (C=O) groups is 2. The Bertz CT molecular complexity index is 864. The van der Waals surface area contributed by atoms with Crippen LogP contribution in [-0.4, -0.2) is 51.2 Å². The van der Waals surface area contributed by atoms with Crippen molar-refractivity contribution in [2.24, 2.45) is 0 Å². The molecule has 1 aliphatic heterocycles. The van der Waals surface area contributed by atoms with Crippen LogP contribution in [0.15, 0.2) is 36.4 Å². The number of amides is 1. The normalized spacial score (nSPS) is 12.8. The van der Waals surface area contributed by atoms with E-state index in [0.29, 0.717) is 30.2 Å². The van der Waals surface area contributed by atoms with Crippen LogP contribution in [0.5, 0.6) is 11.5 Å². The minimum atomic E-state index is -0.387. The van der Waals surface area contributed by atoms with Gasteiger partial charge < -0.3 is 24.4 Å². The van der Waals surface area contributed by atoms with Gasteiger partial charge in [-0.3, -0.25) is 4.79 Å². The molecule has 0 atom stereocenters. The van der Waals surface area contributed by atoms with Crippen molar-refractivity contribution < 1.29 is 23.8 Å². The lowest BCUT2D eigenvalue weighted by Crippen LogP contribution is -2.39. The highest BCUT2D eigenvalue weighted by Crippen LogP contribution is 2.33. The summed E-state index contributed by atoms with van der Waals surface area (Å²) in [5, 5.41) is 3.10. The van der Waals surface area contributed by atoms with E-state index in [1.165, 1.54) is 12.7 Å². The zero-order valence-electron chi connectivity index (χ0n) is 16.3. The maximum atomic E-state index is 12.6. The fourth-order valence-electron chi connectivity index (χ4n) is 3.23. The summed E-state index contributed by atoms with van der Waals surface area (Å²) >= 11 is 0. The van der Waals surface area contributed by atoms with Crippen LogP contribution < -0.4 is 14.8 Å². The van der Waals surface area contributed by atoms with E-state index in [4.69, 9.17) is 9.47 Å². The second-order valence-corrected chi connectivity index (χ2v) is 6.46. The van der Waals surface area contributed by atoms with Gasteiger partial charge in [-0.2, -0.15) is 0 Å². The lowest BCUT2D eigenvalue weighted by molar-refractivity contribution is -0.130. The van der Waals surface area contributed by atoms with Crippen LogP contribution in [0.2, 0.25) is 0 Å². The third-order valence-electron chi connectivity index (χ3n) is 4.82. The number of anilines is 1. The molecule has 28 heavy (non-hydrogen) atoms. The first-order valence-corrected chi connectivity index (χ1v) is 8.99. The molecule has 0 unspecified atom stereocenters. The first kappa shape index (κ1) is 19.5. The minimum absolute atomic E-state index is 0.0116. The van der Waals surface area contributed by atoms with Gasteiger partial charge in [0.15, 0.2) is 11.5 Å². The lowest BCUT2D eigenvalue weighted by Gasteiger charge is -2.30. The lowest BCUT2D eigenvalue weighted by atomic mass is 9.98. The maximum Gasteiger partial charge on any atom is 0.337 e. The van der Waals surface area contributed by atoms with E-state index in [1.54, 1.807) is 38.5 Å². The van der Waals surface area contributed by atoms with Crippen LogP contribution in [0, 0.1) is 0 Å². The number of hydrogen-bond donors (Lipinski definition) is 1. The number of nitrogens with zero attached hydrogens (tertiary/aromatic N) is 1. The zero-order valence-corrected chi connectivity index (χ0v) is 16.3. The number of methoxy groups -OCH3 is 3. The third kappa shape index (κ3) is 4.19. The molecule has 7 nitrogen and oxygen atoms in total. The number of rotatable bonds is 6. The number of ether oxygens (including phenoxy) is 3. The summed E-state index contributed by atoms with van der Waals surface area (Å²) in [7, 11) is 4.56. The molecule has 0 fully saturated rings. The number of nitrogens with one attached hydrogen (secondary N) is 1. The quantitative estimate of drug-likeness (QED) is 0.771. The van der Waals surface area contributed by atoms with Crippen molar-refractivity contribution in [2.45, 2.75) is 13.0 Å². The molecule has 0 aromatic heterocycles. The van der Waals surface area contributed by atoms with Gasteiger partial charge in [-0.05, 0) is 53.9 Å². The number of carbonyl (C=O) groups excluding carboxylic acids is 2. The van der Waals surface area contributed by atoms with Crippen LogP contribution >= 0.6 is 0 Å². The molecule has 148 valence electrons. The van der Waals surface area contributed by atoms with Crippen molar-refractivity contribution in [3.05, 3.63) is 53.1 Å². The predicted octanol–water partition coefficient (Wildman–Crippen LogP) is 2.49. The summed E-state index contributed by atoms with van der Waals surface area (Å²) in [6, 6.07) is 10.7. The highest BCUT2D eigenvalue weighted by Gasteiger charge is 2.22. The van der Waals surface area contributed by atoms with Crippen molar-refractivity contribution in [1.29, 1.82) is 0 Å². The largest absolute Gasteiger partial charge is 0.493 e. The monoisotopic (exact) mass is 384 g/mol. The van der Waals surface area contributed by atoms with Crippen LogP contribution in [0.3, 0.4) is 0 Å². The summed E-state index contributed by atoms with van der Waals surface area (Å²) in [6.07, 6.45) is 0.773. The van der Waals surface area contributed by atoms with Gasteiger partial charge in [0.2, 0.25) is 5.91 Å². The summed E-state index contributed by atoms with van der Waals surface area (Å²) < 4.78 is 15.4. The Morgan fingerprint density at radius 2 is 1.64 bits per heavy atom. The van der Waals surface area contributed by atoms with E-state index in [1.807, 2.05) is 17.0 Å². The van der Waals surface area contributed by atoms with Crippen molar-refractivity contribution >= 4 is 17.6 Å². The Hall–Kier alpha value is -3.22. The van der Waals surface area contributed by atoms with E-state index >= 15 is 0 Å².